The molecule has 0 saturated heterocycles. The van der Waals surface area contributed by atoms with E-state index < -0.39 is 30.4 Å². The van der Waals surface area contributed by atoms with Gasteiger partial charge in [-0.1, -0.05) is 206 Å². The molecule has 0 aliphatic heterocycles. The summed E-state index contributed by atoms with van der Waals surface area (Å²) in [4.78, 5) is 0. The Morgan fingerprint density at radius 1 is 0.259 bits per heavy atom. The summed E-state index contributed by atoms with van der Waals surface area (Å²) in [5.41, 5.74) is 0. The van der Waals surface area contributed by atoms with Gasteiger partial charge in [-0.25, -0.2) is 0 Å². The molecule has 0 N–H and O–H groups in total. The van der Waals surface area contributed by atoms with Crippen molar-refractivity contribution in [2.24, 2.45) is 0 Å². The average Bonchev–Trinajstić information content (AvgIpc) is 3.32. The third kappa shape index (κ3) is 9.17. The second kappa shape index (κ2) is 19.7. The number of hydrogen-bond acceptors (Lipinski definition) is 0. The molecule has 282 valence electrons. The Labute approximate surface area is 349 Å². The summed E-state index contributed by atoms with van der Waals surface area (Å²) in [7, 11) is -5.48. The lowest BCUT2D eigenvalue weighted by atomic mass is 10.4. The van der Waals surface area contributed by atoms with E-state index in [1.54, 1.807) is 0 Å². The molecule has 58 heavy (non-hydrogen) atoms. The highest BCUT2D eigenvalue weighted by Gasteiger charge is 2.47. The number of hydrogen-bond donors (Lipinski definition) is 0. The Balaban J connectivity index is 1.27. The molecule has 0 aliphatic rings. The monoisotopic (exact) mass is 820 g/mol. The molecule has 0 saturated carbocycles. The smallest absolute Gasteiger partial charge is 0.0622 e. The van der Waals surface area contributed by atoms with E-state index in [0.717, 1.165) is 24.1 Å². The second-order valence-corrected chi connectivity index (χ2v) is 27.0. The van der Waals surface area contributed by atoms with Gasteiger partial charge in [0.25, 0.3) is 0 Å². The van der Waals surface area contributed by atoms with Crippen LogP contribution in [-0.2, 0) is 0 Å². The molecule has 4 heteroatoms. The van der Waals surface area contributed by atoms with Crippen LogP contribution in [0.2, 0.25) is 0 Å². The van der Waals surface area contributed by atoms with E-state index in [-0.39, 0.29) is 0 Å². The highest BCUT2D eigenvalue weighted by molar-refractivity contribution is 7.99. The van der Waals surface area contributed by atoms with Gasteiger partial charge in [-0.15, -0.1) is 0 Å². The molecule has 0 spiro atoms. The van der Waals surface area contributed by atoms with Crippen molar-refractivity contribution in [3.05, 3.63) is 243 Å². The third-order valence-corrected chi connectivity index (χ3v) is 27.2. The van der Waals surface area contributed by atoms with Crippen LogP contribution >= 0.6 is 30.4 Å². The van der Waals surface area contributed by atoms with Gasteiger partial charge >= 0.3 is 0 Å². The Morgan fingerprint density at radius 2 is 0.448 bits per heavy atom. The molecule has 0 nitrogen and oxygen atoms in total. The van der Waals surface area contributed by atoms with Crippen LogP contribution in [0.5, 0.6) is 0 Å². The summed E-state index contributed by atoms with van der Waals surface area (Å²) in [6.45, 7) is 0. The molecule has 0 unspecified atom stereocenters. The quantitative estimate of drug-likeness (QED) is 0.0757. The first kappa shape index (κ1) is 39.8. The molecule has 0 bridgehead atoms. The zero-order chi connectivity index (χ0) is 39.3. The van der Waals surface area contributed by atoms with Crippen molar-refractivity contribution in [2.75, 3.05) is 24.1 Å². The van der Waals surface area contributed by atoms with Gasteiger partial charge in [0.2, 0.25) is 0 Å². The molecule has 0 radical (unpaired) electrons. The lowest BCUT2D eigenvalue weighted by Crippen LogP contribution is -2.30. The number of benzene rings is 8. The van der Waals surface area contributed by atoms with Gasteiger partial charge in [0, 0.05) is 0 Å². The predicted molar refractivity (Wildman–Crippen MR) is 264 cm³/mol. The summed E-state index contributed by atoms with van der Waals surface area (Å²) in [6, 6.07) is 90.4. The molecule has 0 aromatic heterocycles. The summed E-state index contributed by atoms with van der Waals surface area (Å²) in [6.07, 6.45) is 1.66. The maximum Gasteiger partial charge on any atom is 0.129 e. The van der Waals surface area contributed by atoms with Crippen LogP contribution in [0.3, 0.4) is 0 Å². The minimum absolute atomic E-state index is 0.674. The van der Waals surface area contributed by atoms with Crippen LogP contribution in [-0.4, -0.2) is 24.1 Å². The van der Waals surface area contributed by atoms with E-state index in [0.29, 0.717) is 0 Å². The van der Waals surface area contributed by atoms with Crippen LogP contribution in [0.4, 0.5) is 0 Å². The molecule has 0 aliphatic carbocycles. The van der Waals surface area contributed by atoms with Crippen molar-refractivity contribution in [2.45, 2.75) is 0 Å². The molecular weight excluding hydrogens is 772 g/mol. The van der Waals surface area contributed by atoms with E-state index in [1.165, 1.54) is 42.4 Å². The Morgan fingerprint density at radius 3 is 0.655 bits per heavy atom. The van der Waals surface area contributed by atoms with Crippen LogP contribution in [0.25, 0.3) is 0 Å². The molecule has 8 rings (SSSR count). The first-order valence-corrected chi connectivity index (χ1v) is 27.3. The fourth-order valence-electron chi connectivity index (χ4n) is 7.86. The predicted octanol–water partition coefficient (Wildman–Crippen LogP) is 10.5. The van der Waals surface area contributed by atoms with E-state index in [4.69, 9.17) is 0 Å². The first-order valence-electron chi connectivity index (χ1n) is 19.9. The zero-order valence-electron chi connectivity index (χ0n) is 32.7. The summed E-state index contributed by atoms with van der Waals surface area (Å²) < 4.78 is 0. The van der Waals surface area contributed by atoms with Crippen LogP contribution in [0.15, 0.2) is 243 Å². The van der Waals surface area contributed by atoms with E-state index in [2.05, 4.69) is 254 Å². The summed E-state index contributed by atoms with van der Waals surface area (Å²) in [5, 5.41) is 11.4. The van der Waals surface area contributed by atoms with E-state index in [9.17, 15) is 0 Å². The number of rotatable bonds is 14. The topological polar surface area (TPSA) is 0 Å². The van der Waals surface area contributed by atoms with Crippen molar-refractivity contribution in [1.82, 2.24) is 0 Å². The Kier molecular flexibility index (Phi) is 13.5. The normalized spacial score (nSPS) is 11.6. The third-order valence-electron chi connectivity index (χ3n) is 10.9. The minimum Gasteiger partial charge on any atom is -0.0622 e. The largest absolute Gasteiger partial charge is 0.129 e. The molecule has 8 aromatic carbocycles. The highest BCUT2D eigenvalue weighted by atomic mass is 31.2. The molecular formula is C54H48P4+2. The van der Waals surface area contributed by atoms with E-state index in [1.807, 2.05) is 0 Å². The van der Waals surface area contributed by atoms with Gasteiger partial charge in [-0.3, -0.25) is 0 Å². The van der Waals surface area contributed by atoms with Gasteiger partial charge in [-0.2, -0.15) is 0 Å². The molecule has 0 fully saturated rings. The van der Waals surface area contributed by atoms with Crippen molar-refractivity contribution in [1.29, 1.82) is 0 Å². The minimum atomic E-state index is -2.07. The maximum atomic E-state index is 4.02. The average molecular weight is 821 g/mol. The van der Waals surface area contributed by atoms with Crippen molar-refractivity contribution >= 4 is 72.8 Å². The summed E-state index contributed by atoms with van der Waals surface area (Å²) in [5.74, 6) is 10.2. The van der Waals surface area contributed by atoms with Crippen molar-refractivity contribution in [3.63, 3.8) is 0 Å². The van der Waals surface area contributed by atoms with Crippen molar-refractivity contribution in [3.8, 4) is 11.8 Å². The maximum absolute atomic E-state index is 4.02. The van der Waals surface area contributed by atoms with Crippen molar-refractivity contribution < 1.29 is 0 Å². The van der Waals surface area contributed by atoms with Gasteiger partial charge in [0.1, 0.15) is 33.5 Å². The van der Waals surface area contributed by atoms with Crippen LogP contribution in [0, 0.1) is 11.8 Å². The molecule has 8 aromatic rings. The molecule has 0 amide bonds. The summed E-state index contributed by atoms with van der Waals surface area (Å²) >= 11 is 0. The SMILES string of the molecule is C(#CC[P+](CP(c1ccccc1)c1ccccc1)(c1ccccc1)c1ccccc1)C[P+](CP(c1ccccc1)c1ccccc1)(c1ccccc1)c1ccccc1. The highest BCUT2D eigenvalue weighted by Crippen LogP contribution is 2.65. The van der Waals surface area contributed by atoms with Crippen LogP contribution in [0.1, 0.15) is 0 Å². The first-order chi connectivity index (χ1) is 28.8. The van der Waals surface area contributed by atoms with Gasteiger partial charge in [0.05, 0.1) is 26.3 Å². The lowest BCUT2D eigenvalue weighted by Gasteiger charge is -2.31. The fourth-order valence-corrected chi connectivity index (χ4v) is 25.5. The van der Waals surface area contributed by atoms with Gasteiger partial charge in [0.15, 0.2) is 0 Å². The Hall–Kier alpha value is -4.96. The van der Waals surface area contributed by atoms with E-state index >= 15 is 0 Å². The van der Waals surface area contributed by atoms with Crippen LogP contribution < -0.4 is 42.4 Å². The second-order valence-electron chi connectivity index (χ2n) is 14.4. The molecule has 0 heterocycles. The fraction of sp³-hybridized carbons (Fsp3) is 0.0741. The Bertz CT molecular complexity index is 2150. The standard InChI is InChI=1S/C54H48P4/c1-9-27-47(28-10-1)55(48-29-11-2-12-30-48)45-57(51-35-17-5-18-36-51,52-37-19-6-20-38-52)43-25-26-44-58(53-39-21-7-22-40-53,54-41-23-8-24-42-54)46-56(49-31-13-3-14-32-49)50-33-15-4-16-34-50/h1-24,27-42H,43-46H2/q+2. The lowest BCUT2D eigenvalue weighted by molar-refractivity contribution is 1.65. The molecule has 0 atom stereocenters. The zero-order valence-corrected chi connectivity index (χ0v) is 36.3. The van der Waals surface area contributed by atoms with Gasteiger partial charge in [-0.05, 0) is 85.6 Å². The van der Waals surface area contributed by atoms with Gasteiger partial charge < -0.3 is 0 Å².